The maximum Gasteiger partial charge on any atom is 0.320 e. The summed E-state index contributed by atoms with van der Waals surface area (Å²) in [5.74, 6) is 2.76. The maximum absolute atomic E-state index is 13.0. The fourth-order valence-corrected chi connectivity index (χ4v) is 5.19. The lowest BCUT2D eigenvalue weighted by Gasteiger charge is -2.33. The Hall–Kier alpha value is -2.63. The van der Waals surface area contributed by atoms with Crippen molar-refractivity contribution < 1.29 is 4.79 Å². The predicted octanol–water partition coefficient (Wildman–Crippen LogP) is 3.84. The molecule has 3 heterocycles. The molecule has 1 aromatic heterocycles. The summed E-state index contributed by atoms with van der Waals surface area (Å²) in [6, 6.07) is 8.72. The highest BCUT2D eigenvalue weighted by atomic mass is 16.2. The van der Waals surface area contributed by atoms with Gasteiger partial charge in [-0.05, 0) is 31.4 Å². The summed E-state index contributed by atoms with van der Waals surface area (Å²) in [6.07, 6.45) is 4.07. The number of hydrogen-bond acceptors (Lipinski definition) is 4. The monoisotopic (exact) mass is 407 g/mol. The maximum atomic E-state index is 13.0. The average molecular weight is 408 g/mol. The van der Waals surface area contributed by atoms with E-state index >= 15 is 0 Å². The minimum atomic E-state index is 0.105. The summed E-state index contributed by atoms with van der Waals surface area (Å²) in [4.78, 5) is 28.5. The lowest BCUT2D eigenvalue weighted by atomic mass is 9.88. The highest BCUT2D eigenvalue weighted by Gasteiger charge is 2.50. The Morgan fingerprint density at radius 2 is 1.93 bits per heavy atom. The second kappa shape index (κ2) is 8.25. The second-order valence-corrected chi connectivity index (χ2v) is 8.98. The number of anilines is 1. The summed E-state index contributed by atoms with van der Waals surface area (Å²) >= 11 is 0. The molecule has 2 aliphatic rings. The molecule has 0 N–H and O–H groups in total. The molecule has 0 bridgehead atoms. The Kier molecular flexibility index (Phi) is 5.67. The van der Waals surface area contributed by atoms with Gasteiger partial charge in [-0.1, -0.05) is 37.6 Å². The van der Waals surface area contributed by atoms with Crippen LogP contribution in [0.2, 0.25) is 0 Å². The van der Waals surface area contributed by atoms with Crippen LogP contribution in [0.4, 0.5) is 10.6 Å². The first-order valence-corrected chi connectivity index (χ1v) is 11.0. The van der Waals surface area contributed by atoms with Gasteiger partial charge in [0.25, 0.3) is 0 Å². The van der Waals surface area contributed by atoms with Crippen LogP contribution in [-0.4, -0.2) is 59.5 Å². The number of benzene rings is 1. The summed E-state index contributed by atoms with van der Waals surface area (Å²) in [6.45, 7) is 8.97. The van der Waals surface area contributed by atoms with Gasteiger partial charge in [0.05, 0.1) is 6.04 Å². The van der Waals surface area contributed by atoms with Crippen molar-refractivity contribution in [2.75, 3.05) is 38.6 Å². The molecule has 6 heteroatoms. The van der Waals surface area contributed by atoms with Crippen LogP contribution in [-0.2, 0) is 6.42 Å². The highest BCUT2D eigenvalue weighted by Crippen LogP contribution is 2.47. The number of urea groups is 1. The second-order valence-electron chi connectivity index (χ2n) is 8.98. The number of rotatable bonds is 4. The molecule has 2 saturated heterocycles. The molecule has 4 rings (SSSR count). The Labute approximate surface area is 179 Å². The third-order valence-corrected chi connectivity index (χ3v) is 6.58. The van der Waals surface area contributed by atoms with Gasteiger partial charge in [0.15, 0.2) is 0 Å². The van der Waals surface area contributed by atoms with E-state index < -0.39 is 0 Å². The van der Waals surface area contributed by atoms with Crippen molar-refractivity contribution in [3.8, 4) is 0 Å². The van der Waals surface area contributed by atoms with Crippen LogP contribution in [0, 0.1) is 25.7 Å². The average Bonchev–Trinajstić information content (AvgIpc) is 3.27. The van der Waals surface area contributed by atoms with Gasteiger partial charge in [0.2, 0.25) is 0 Å². The van der Waals surface area contributed by atoms with Crippen molar-refractivity contribution >= 4 is 11.8 Å². The number of carbonyl (C=O) groups excluding carboxylic acids is 1. The number of hydrogen-bond donors (Lipinski definition) is 0. The van der Waals surface area contributed by atoms with Crippen molar-refractivity contribution in [3.63, 3.8) is 0 Å². The largest absolute Gasteiger partial charge is 0.356 e. The number of likely N-dealkylation sites (tertiary alicyclic amines) is 1. The van der Waals surface area contributed by atoms with Crippen molar-refractivity contribution in [2.24, 2.45) is 11.8 Å². The molecule has 2 fully saturated rings. The third kappa shape index (κ3) is 3.64. The molecular weight excluding hydrogens is 374 g/mol. The summed E-state index contributed by atoms with van der Waals surface area (Å²) < 4.78 is 0. The molecule has 1 aromatic carbocycles. The number of amides is 2. The summed E-state index contributed by atoms with van der Waals surface area (Å²) in [5, 5.41) is 0. The van der Waals surface area contributed by atoms with Crippen LogP contribution in [0.25, 0.3) is 0 Å². The quantitative estimate of drug-likeness (QED) is 0.773. The van der Waals surface area contributed by atoms with E-state index in [1.165, 1.54) is 16.7 Å². The lowest BCUT2D eigenvalue weighted by molar-refractivity contribution is 0.159. The van der Waals surface area contributed by atoms with Gasteiger partial charge < -0.3 is 14.7 Å². The SMILES string of the molecule is CCCc1cnc(C)nc1N1C[C@@H]2CN(C(=O)N(C)C)[C@@H](c3ccccc3C)[C@@H]2C1. The fourth-order valence-electron chi connectivity index (χ4n) is 5.19. The Bertz CT molecular complexity index is 928. The number of carbonyl (C=O) groups is 1. The number of fused-ring (bicyclic) bond motifs is 1. The van der Waals surface area contributed by atoms with Crippen molar-refractivity contribution in [3.05, 3.63) is 53.0 Å². The van der Waals surface area contributed by atoms with E-state index in [4.69, 9.17) is 4.98 Å². The smallest absolute Gasteiger partial charge is 0.320 e. The van der Waals surface area contributed by atoms with Crippen molar-refractivity contribution in [2.45, 2.75) is 39.7 Å². The lowest BCUT2D eigenvalue weighted by Crippen LogP contribution is -2.41. The molecule has 6 nitrogen and oxygen atoms in total. The minimum absolute atomic E-state index is 0.105. The molecule has 2 amide bonds. The van der Waals surface area contributed by atoms with Crippen molar-refractivity contribution in [1.29, 1.82) is 0 Å². The first-order valence-electron chi connectivity index (χ1n) is 11.0. The topological polar surface area (TPSA) is 52.6 Å². The molecule has 0 unspecified atom stereocenters. The number of aromatic nitrogens is 2. The summed E-state index contributed by atoms with van der Waals surface area (Å²) in [7, 11) is 3.69. The zero-order valence-corrected chi connectivity index (χ0v) is 18.8. The van der Waals surface area contributed by atoms with Gasteiger partial charge in [-0.2, -0.15) is 0 Å². The highest BCUT2D eigenvalue weighted by molar-refractivity contribution is 5.75. The minimum Gasteiger partial charge on any atom is -0.356 e. The third-order valence-electron chi connectivity index (χ3n) is 6.58. The molecular formula is C24H33N5O. The Balaban J connectivity index is 1.68. The zero-order valence-electron chi connectivity index (χ0n) is 18.8. The fraction of sp³-hybridized carbons (Fsp3) is 0.542. The molecule has 160 valence electrons. The van der Waals surface area contributed by atoms with Crippen LogP contribution >= 0.6 is 0 Å². The van der Waals surface area contributed by atoms with Crippen LogP contribution < -0.4 is 4.90 Å². The standard InChI is InChI=1S/C24H33N5O/c1-6-9-18-12-25-17(3)26-23(18)28-13-19-14-29(24(30)27(4)5)22(21(19)15-28)20-11-8-7-10-16(20)2/h7-8,10-12,19,21-22H,6,9,13-15H2,1-5H3/t19-,21-,22+/m1/s1. The summed E-state index contributed by atoms with van der Waals surface area (Å²) in [5.41, 5.74) is 3.76. The van der Waals surface area contributed by atoms with Gasteiger partial charge in [-0.25, -0.2) is 14.8 Å². The van der Waals surface area contributed by atoms with Gasteiger partial charge in [-0.3, -0.25) is 0 Å². The molecule has 3 atom stereocenters. The van der Waals surface area contributed by atoms with E-state index in [1.54, 1.807) is 4.90 Å². The van der Waals surface area contributed by atoms with E-state index in [0.29, 0.717) is 11.8 Å². The number of nitrogens with zero attached hydrogens (tertiary/aromatic N) is 5. The molecule has 0 radical (unpaired) electrons. The van der Waals surface area contributed by atoms with E-state index in [9.17, 15) is 4.79 Å². The van der Waals surface area contributed by atoms with E-state index in [1.807, 2.05) is 27.2 Å². The predicted molar refractivity (Wildman–Crippen MR) is 120 cm³/mol. The van der Waals surface area contributed by atoms with E-state index in [0.717, 1.165) is 44.1 Å². The Morgan fingerprint density at radius 1 is 1.17 bits per heavy atom. The van der Waals surface area contributed by atoms with Crippen LogP contribution in [0.1, 0.15) is 41.9 Å². The molecule has 0 saturated carbocycles. The van der Waals surface area contributed by atoms with Crippen molar-refractivity contribution in [1.82, 2.24) is 19.8 Å². The molecule has 30 heavy (non-hydrogen) atoms. The molecule has 2 aliphatic heterocycles. The first-order chi connectivity index (χ1) is 14.4. The van der Waals surface area contributed by atoms with Gasteiger partial charge in [0, 0.05) is 57.3 Å². The molecule has 0 aliphatic carbocycles. The zero-order chi connectivity index (χ0) is 21.4. The number of aryl methyl sites for hydroxylation is 3. The van der Waals surface area contributed by atoms with Gasteiger partial charge >= 0.3 is 6.03 Å². The first kappa shape index (κ1) is 20.6. The van der Waals surface area contributed by atoms with Crippen LogP contribution in [0.5, 0.6) is 0 Å². The molecule has 2 aromatic rings. The van der Waals surface area contributed by atoms with E-state index in [2.05, 4.69) is 52.9 Å². The van der Waals surface area contributed by atoms with Gasteiger partial charge in [-0.15, -0.1) is 0 Å². The van der Waals surface area contributed by atoms with Crippen LogP contribution in [0.3, 0.4) is 0 Å². The van der Waals surface area contributed by atoms with Crippen LogP contribution in [0.15, 0.2) is 30.5 Å². The van der Waals surface area contributed by atoms with Gasteiger partial charge in [0.1, 0.15) is 11.6 Å². The van der Waals surface area contributed by atoms with E-state index in [-0.39, 0.29) is 12.1 Å². The molecule has 0 spiro atoms. The Morgan fingerprint density at radius 3 is 2.63 bits per heavy atom. The normalized spacial score (nSPS) is 23.0.